The highest BCUT2D eigenvalue weighted by atomic mass is 16.5. The predicted octanol–water partition coefficient (Wildman–Crippen LogP) is 0.176. The lowest BCUT2D eigenvalue weighted by Gasteiger charge is -2.34. The number of carbonyl (C=O) groups is 1. The standard InChI is InChI=1S/C13H20N2O4/c1-18-13(17)12-11(2-9-19-12)10-15-5-3-14(4-6-15)7-8-16/h2,9,16H,3-8,10H2,1H3. The Bertz CT molecular complexity index is 411. The molecule has 19 heavy (non-hydrogen) atoms. The van der Waals surface area contributed by atoms with Gasteiger partial charge in [-0.2, -0.15) is 0 Å². The van der Waals surface area contributed by atoms with E-state index in [1.165, 1.54) is 13.4 Å². The van der Waals surface area contributed by atoms with Gasteiger partial charge in [0.25, 0.3) is 0 Å². The Morgan fingerprint density at radius 2 is 2.05 bits per heavy atom. The molecule has 2 heterocycles. The molecule has 0 aliphatic carbocycles. The summed E-state index contributed by atoms with van der Waals surface area (Å²) in [4.78, 5) is 16.0. The highest BCUT2D eigenvalue weighted by Gasteiger charge is 2.21. The van der Waals surface area contributed by atoms with E-state index >= 15 is 0 Å². The number of piperazine rings is 1. The Morgan fingerprint density at radius 1 is 1.37 bits per heavy atom. The molecule has 0 bridgehead atoms. The van der Waals surface area contributed by atoms with Crippen LogP contribution in [0.25, 0.3) is 0 Å². The highest BCUT2D eigenvalue weighted by molar-refractivity contribution is 5.87. The molecule has 0 unspecified atom stereocenters. The van der Waals surface area contributed by atoms with E-state index < -0.39 is 5.97 Å². The fraction of sp³-hybridized carbons (Fsp3) is 0.615. The Morgan fingerprint density at radius 3 is 2.68 bits per heavy atom. The van der Waals surface area contributed by atoms with Crippen molar-refractivity contribution in [3.63, 3.8) is 0 Å². The molecular weight excluding hydrogens is 248 g/mol. The van der Waals surface area contributed by atoms with Gasteiger partial charge in [-0.15, -0.1) is 0 Å². The van der Waals surface area contributed by atoms with Crippen molar-refractivity contribution in [3.8, 4) is 0 Å². The molecule has 1 aromatic heterocycles. The van der Waals surface area contributed by atoms with Crippen LogP contribution in [-0.4, -0.2) is 67.3 Å². The molecule has 0 radical (unpaired) electrons. The van der Waals surface area contributed by atoms with E-state index in [4.69, 9.17) is 9.52 Å². The van der Waals surface area contributed by atoms with Crippen molar-refractivity contribution in [1.82, 2.24) is 9.80 Å². The number of nitrogens with zero attached hydrogens (tertiary/aromatic N) is 2. The van der Waals surface area contributed by atoms with Gasteiger partial charge in [-0.25, -0.2) is 4.79 Å². The third-order valence-corrected chi connectivity index (χ3v) is 3.39. The molecule has 106 valence electrons. The minimum Gasteiger partial charge on any atom is -0.463 e. The summed E-state index contributed by atoms with van der Waals surface area (Å²) in [5.74, 6) is -0.140. The second kappa shape index (κ2) is 6.70. The van der Waals surface area contributed by atoms with Crippen molar-refractivity contribution >= 4 is 5.97 Å². The average molecular weight is 268 g/mol. The summed E-state index contributed by atoms with van der Waals surface area (Å²) in [6.07, 6.45) is 1.52. The molecule has 1 aliphatic heterocycles. The van der Waals surface area contributed by atoms with Gasteiger partial charge in [-0.1, -0.05) is 0 Å². The van der Waals surface area contributed by atoms with Crippen LogP contribution in [0.2, 0.25) is 0 Å². The van der Waals surface area contributed by atoms with Gasteiger partial charge in [0, 0.05) is 44.8 Å². The van der Waals surface area contributed by atoms with Crippen molar-refractivity contribution in [3.05, 3.63) is 23.7 Å². The van der Waals surface area contributed by atoms with Gasteiger partial charge in [-0.05, 0) is 6.07 Å². The molecule has 0 atom stereocenters. The predicted molar refractivity (Wildman–Crippen MR) is 68.9 cm³/mol. The topological polar surface area (TPSA) is 66.2 Å². The molecule has 0 amide bonds. The van der Waals surface area contributed by atoms with Crippen molar-refractivity contribution in [2.75, 3.05) is 46.4 Å². The van der Waals surface area contributed by atoms with Crippen LogP contribution in [0.5, 0.6) is 0 Å². The Labute approximate surface area is 112 Å². The highest BCUT2D eigenvalue weighted by Crippen LogP contribution is 2.15. The number of ether oxygens (including phenoxy) is 1. The zero-order valence-electron chi connectivity index (χ0n) is 11.2. The van der Waals surface area contributed by atoms with Crippen LogP contribution in [0.15, 0.2) is 16.7 Å². The van der Waals surface area contributed by atoms with E-state index in [-0.39, 0.29) is 6.61 Å². The minimum absolute atomic E-state index is 0.203. The van der Waals surface area contributed by atoms with Crippen LogP contribution in [0.3, 0.4) is 0 Å². The summed E-state index contributed by atoms with van der Waals surface area (Å²) >= 11 is 0. The van der Waals surface area contributed by atoms with E-state index in [0.29, 0.717) is 12.3 Å². The summed E-state index contributed by atoms with van der Waals surface area (Å²) in [6.45, 7) is 5.34. The third-order valence-electron chi connectivity index (χ3n) is 3.39. The molecule has 0 spiro atoms. The molecule has 6 heteroatoms. The van der Waals surface area contributed by atoms with E-state index in [1.54, 1.807) is 0 Å². The van der Waals surface area contributed by atoms with Crippen molar-refractivity contribution in [2.45, 2.75) is 6.54 Å². The maximum atomic E-state index is 11.5. The molecule has 6 nitrogen and oxygen atoms in total. The summed E-state index contributed by atoms with van der Waals surface area (Å²) in [5, 5.41) is 8.90. The SMILES string of the molecule is COC(=O)c1occc1CN1CCN(CCO)CC1. The Balaban J connectivity index is 1.89. The number of hydrogen-bond donors (Lipinski definition) is 1. The average Bonchev–Trinajstić information content (AvgIpc) is 2.88. The van der Waals surface area contributed by atoms with E-state index in [9.17, 15) is 4.79 Å². The molecule has 1 fully saturated rings. The molecule has 1 saturated heterocycles. The van der Waals surface area contributed by atoms with Crippen LogP contribution in [-0.2, 0) is 11.3 Å². The molecular formula is C13H20N2O4. The fourth-order valence-corrected chi connectivity index (χ4v) is 2.29. The smallest absolute Gasteiger partial charge is 0.374 e. The summed E-state index contributed by atoms with van der Waals surface area (Å²) in [7, 11) is 1.35. The number of aliphatic hydroxyl groups excluding tert-OH is 1. The number of methoxy groups -OCH3 is 1. The number of furan rings is 1. The van der Waals surface area contributed by atoms with Crippen molar-refractivity contribution in [2.24, 2.45) is 0 Å². The zero-order valence-corrected chi connectivity index (χ0v) is 11.2. The number of esters is 1. The van der Waals surface area contributed by atoms with E-state index in [0.717, 1.165) is 38.3 Å². The monoisotopic (exact) mass is 268 g/mol. The second-order valence-corrected chi connectivity index (χ2v) is 4.61. The first-order valence-electron chi connectivity index (χ1n) is 6.45. The van der Waals surface area contributed by atoms with Crippen LogP contribution in [0, 0.1) is 0 Å². The number of aliphatic hydroxyl groups is 1. The lowest BCUT2D eigenvalue weighted by atomic mass is 10.2. The Hall–Kier alpha value is -1.37. The number of carbonyl (C=O) groups excluding carboxylic acids is 1. The Kier molecular flexibility index (Phi) is 4.95. The lowest BCUT2D eigenvalue weighted by molar-refractivity contribution is 0.0559. The van der Waals surface area contributed by atoms with E-state index in [1.807, 2.05) is 6.07 Å². The first-order valence-corrected chi connectivity index (χ1v) is 6.45. The largest absolute Gasteiger partial charge is 0.463 e. The van der Waals surface area contributed by atoms with Gasteiger partial charge in [0.05, 0.1) is 20.0 Å². The van der Waals surface area contributed by atoms with Crippen LogP contribution in [0.1, 0.15) is 16.1 Å². The summed E-state index contributed by atoms with van der Waals surface area (Å²) in [5.41, 5.74) is 0.863. The molecule has 0 aromatic carbocycles. The van der Waals surface area contributed by atoms with Gasteiger partial charge < -0.3 is 14.3 Å². The number of rotatable bonds is 5. The van der Waals surface area contributed by atoms with E-state index in [2.05, 4.69) is 14.5 Å². The zero-order chi connectivity index (χ0) is 13.7. The number of β-amino-alcohol motifs (C(OH)–C–C–N with tert-alkyl or cyclic N) is 1. The first kappa shape index (κ1) is 14.0. The third kappa shape index (κ3) is 3.56. The molecule has 2 rings (SSSR count). The molecule has 1 aliphatic rings. The maximum Gasteiger partial charge on any atom is 0.374 e. The summed E-state index contributed by atoms with van der Waals surface area (Å²) < 4.78 is 9.86. The van der Waals surface area contributed by atoms with Gasteiger partial charge in [0.2, 0.25) is 5.76 Å². The van der Waals surface area contributed by atoms with Crippen LogP contribution in [0.4, 0.5) is 0 Å². The van der Waals surface area contributed by atoms with Crippen LogP contribution < -0.4 is 0 Å². The quantitative estimate of drug-likeness (QED) is 0.768. The molecule has 1 N–H and O–H groups in total. The number of hydrogen-bond acceptors (Lipinski definition) is 6. The van der Waals surface area contributed by atoms with Crippen molar-refractivity contribution in [1.29, 1.82) is 0 Å². The lowest BCUT2D eigenvalue weighted by Crippen LogP contribution is -2.46. The van der Waals surface area contributed by atoms with Crippen LogP contribution >= 0.6 is 0 Å². The summed E-state index contributed by atoms with van der Waals surface area (Å²) in [6, 6.07) is 1.81. The molecule has 1 aromatic rings. The van der Waals surface area contributed by atoms with Gasteiger partial charge in [0.15, 0.2) is 0 Å². The first-order chi connectivity index (χ1) is 9.24. The van der Waals surface area contributed by atoms with Gasteiger partial charge in [0.1, 0.15) is 0 Å². The minimum atomic E-state index is -0.432. The maximum absolute atomic E-state index is 11.5. The normalized spacial score (nSPS) is 17.6. The van der Waals surface area contributed by atoms with Crippen molar-refractivity contribution < 1.29 is 19.1 Å². The fourth-order valence-electron chi connectivity index (χ4n) is 2.29. The van der Waals surface area contributed by atoms with Gasteiger partial charge >= 0.3 is 5.97 Å². The molecule has 0 saturated carbocycles. The second-order valence-electron chi connectivity index (χ2n) is 4.61. The van der Waals surface area contributed by atoms with Gasteiger partial charge in [-0.3, -0.25) is 9.80 Å².